The van der Waals surface area contributed by atoms with E-state index in [-0.39, 0.29) is 0 Å². The molecule has 2 nitrogen and oxygen atoms in total. The number of hydrogen-bond donors (Lipinski definition) is 1. The number of nitrogens with zero attached hydrogens (tertiary/aromatic N) is 1. The van der Waals surface area contributed by atoms with Gasteiger partial charge in [0.2, 0.25) is 0 Å². The van der Waals surface area contributed by atoms with Gasteiger partial charge in [-0.3, -0.25) is 0 Å². The first-order valence-corrected chi connectivity index (χ1v) is 12.8. The maximum atomic E-state index is 3.54. The van der Waals surface area contributed by atoms with Crippen molar-refractivity contribution in [1.29, 1.82) is 0 Å². The third-order valence-corrected chi connectivity index (χ3v) is 7.32. The van der Waals surface area contributed by atoms with E-state index in [1.54, 1.807) is 0 Å². The molecule has 0 aliphatic heterocycles. The highest BCUT2D eigenvalue weighted by molar-refractivity contribution is 6.11. The predicted octanol–water partition coefficient (Wildman–Crippen LogP) is 9.28. The second kappa shape index (κ2) is 8.13. The Kier molecular flexibility index (Phi) is 4.75. The van der Waals surface area contributed by atoms with Crippen molar-refractivity contribution in [1.82, 2.24) is 9.55 Å². The third kappa shape index (κ3) is 3.33. The maximum Gasteiger partial charge on any atom is 0.0541 e. The zero-order valence-electron chi connectivity index (χ0n) is 20.6. The minimum Gasteiger partial charge on any atom is -0.355 e. The van der Waals surface area contributed by atoms with Gasteiger partial charge in [-0.1, -0.05) is 74.5 Å². The van der Waals surface area contributed by atoms with E-state index in [0.29, 0.717) is 5.92 Å². The second-order valence-electron chi connectivity index (χ2n) is 10.3. The number of rotatable bonds is 4. The molecule has 0 saturated heterocycles. The van der Waals surface area contributed by atoms with E-state index in [2.05, 4.69) is 133 Å². The largest absolute Gasteiger partial charge is 0.355 e. The molecule has 0 atom stereocenters. The lowest BCUT2D eigenvalue weighted by atomic mass is 10.0. The van der Waals surface area contributed by atoms with Crippen molar-refractivity contribution in [2.75, 3.05) is 0 Å². The van der Waals surface area contributed by atoms with Crippen LogP contribution in [0.4, 0.5) is 0 Å². The molecule has 0 saturated carbocycles. The molecule has 0 radical (unpaired) electrons. The Morgan fingerprint density at radius 3 is 2.14 bits per heavy atom. The van der Waals surface area contributed by atoms with Crippen LogP contribution in [0.1, 0.15) is 19.4 Å². The van der Waals surface area contributed by atoms with Gasteiger partial charge in [0.05, 0.1) is 11.0 Å². The molecule has 0 spiro atoms. The fraction of sp³-hybridized carbons (Fsp3) is 0.118. The Morgan fingerprint density at radius 2 is 1.28 bits per heavy atom. The van der Waals surface area contributed by atoms with Crippen LogP contribution >= 0.6 is 0 Å². The number of nitrogens with one attached hydrogen (secondary N) is 1. The molecule has 2 heterocycles. The lowest BCUT2D eigenvalue weighted by Crippen LogP contribution is -1.98. The summed E-state index contributed by atoms with van der Waals surface area (Å²) >= 11 is 0. The van der Waals surface area contributed by atoms with E-state index < -0.39 is 0 Å². The van der Waals surface area contributed by atoms with Gasteiger partial charge in [0.15, 0.2) is 0 Å². The topological polar surface area (TPSA) is 20.7 Å². The molecule has 0 aliphatic carbocycles. The van der Waals surface area contributed by atoms with Crippen LogP contribution in [0.5, 0.6) is 0 Å². The highest BCUT2D eigenvalue weighted by Gasteiger charge is 2.14. The van der Waals surface area contributed by atoms with E-state index in [4.69, 9.17) is 0 Å². The molecule has 5 aromatic carbocycles. The Labute approximate surface area is 210 Å². The summed E-state index contributed by atoms with van der Waals surface area (Å²) in [7, 11) is 0. The summed E-state index contributed by atoms with van der Waals surface area (Å²) in [6.45, 7) is 4.56. The highest BCUT2D eigenvalue weighted by Crippen LogP contribution is 2.36. The number of hydrogen-bond acceptors (Lipinski definition) is 0. The average Bonchev–Trinajstić information content (AvgIpc) is 3.43. The summed E-state index contributed by atoms with van der Waals surface area (Å²) < 4.78 is 2.42. The smallest absolute Gasteiger partial charge is 0.0541 e. The van der Waals surface area contributed by atoms with E-state index in [1.165, 1.54) is 66.0 Å². The van der Waals surface area contributed by atoms with E-state index >= 15 is 0 Å². The summed E-state index contributed by atoms with van der Waals surface area (Å²) in [5.74, 6) is 0.635. The number of fused-ring (bicyclic) bond motifs is 6. The van der Waals surface area contributed by atoms with Gasteiger partial charge in [-0.15, -0.1) is 0 Å². The monoisotopic (exact) mass is 464 g/mol. The van der Waals surface area contributed by atoms with Crippen LogP contribution in [-0.2, 0) is 6.42 Å². The second-order valence-corrected chi connectivity index (χ2v) is 10.3. The predicted molar refractivity (Wildman–Crippen MR) is 154 cm³/mol. The minimum atomic E-state index is 0.635. The molecule has 174 valence electrons. The number of benzene rings is 5. The highest BCUT2D eigenvalue weighted by atomic mass is 15.0. The molecule has 0 aliphatic rings. The van der Waals surface area contributed by atoms with Gasteiger partial charge < -0.3 is 9.55 Å². The maximum absolute atomic E-state index is 3.54. The molecule has 7 aromatic rings. The first-order chi connectivity index (χ1) is 17.7. The molecule has 0 unspecified atom stereocenters. The first kappa shape index (κ1) is 21.0. The van der Waals surface area contributed by atoms with Gasteiger partial charge in [0.1, 0.15) is 0 Å². The standard InChI is InChI=1S/C34H28N2/c1-22(2)18-23-8-7-9-26(19-23)36-33-13-6-4-11-28(33)30-21-25(15-17-34(30)36)24-14-16-32-29(20-24)27-10-3-5-12-31(27)35-32/h3-17,19-22,35H,18H2,1-2H3. The van der Waals surface area contributed by atoms with Crippen LogP contribution < -0.4 is 0 Å². The van der Waals surface area contributed by atoms with Crippen molar-refractivity contribution in [3.63, 3.8) is 0 Å². The minimum absolute atomic E-state index is 0.635. The van der Waals surface area contributed by atoms with Crippen LogP contribution in [0, 0.1) is 5.92 Å². The quantitative estimate of drug-likeness (QED) is 0.268. The molecule has 2 heteroatoms. The van der Waals surface area contributed by atoms with Crippen molar-refractivity contribution in [2.24, 2.45) is 5.92 Å². The molecule has 1 N–H and O–H groups in total. The fourth-order valence-corrected chi connectivity index (χ4v) is 5.75. The van der Waals surface area contributed by atoms with Gasteiger partial charge in [-0.05, 0) is 77.6 Å². The molecule has 36 heavy (non-hydrogen) atoms. The van der Waals surface area contributed by atoms with Crippen LogP contribution in [-0.4, -0.2) is 9.55 Å². The van der Waals surface area contributed by atoms with Crippen LogP contribution in [0.2, 0.25) is 0 Å². The fourth-order valence-electron chi connectivity index (χ4n) is 5.75. The zero-order valence-corrected chi connectivity index (χ0v) is 20.6. The number of aromatic nitrogens is 2. The summed E-state index contributed by atoms with van der Waals surface area (Å²) in [5, 5.41) is 5.12. The normalized spacial score (nSPS) is 12.0. The Hall–Kier alpha value is -4.30. The summed E-state index contributed by atoms with van der Waals surface area (Å²) in [6.07, 6.45) is 1.09. The molecular weight excluding hydrogens is 436 g/mol. The molecule has 2 aromatic heterocycles. The van der Waals surface area contributed by atoms with Crippen molar-refractivity contribution >= 4 is 43.6 Å². The van der Waals surface area contributed by atoms with Crippen LogP contribution in [0.15, 0.2) is 109 Å². The van der Waals surface area contributed by atoms with E-state index in [9.17, 15) is 0 Å². The number of para-hydroxylation sites is 2. The number of H-pyrrole nitrogens is 1. The lowest BCUT2D eigenvalue weighted by Gasteiger charge is -2.11. The molecule has 0 bridgehead atoms. The number of aromatic amines is 1. The Balaban J connectivity index is 1.43. The van der Waals surface area contributed by atoms with Gasteiger partial charge in [-0.25, -0.2) is 0 Å². The van der Waals surface area contributed by atoms with Gasteiger partial charge in [-0.2, -0.15) is 0 Å². The summed E-state index contributed by atoms with van der Waals surface area (Å²) in [6, 6.07) is 40.0. The summed E-state index contributed by atoms with van der Waals surface area (Å²) in [5.41, 5.74) is 9.95. The van der Waals surface area contributed by atoms with Crippen LogP contribution in [0.25, 0.3) is 60.4 Å². The molecule has 0 fully saturated rings. The lowest BCUT2D eigenvalue weighted by molar-refractivity contribution is 0.647. The van der Waals surface area contributed by atoms with Crippen molar-refractivity contribution < 1.29 is 0 Å². The van der Waals surface area contributed by atoms with Gasteiger partial charge >= 0.3 is 0 Å². The van der Waals surface area contributed by atoms with Crippen molar-refractivity contribution in [3.05, 3.63) is 115 Å². The van der Waals surface area contributed by atoms with E-state index in [1.807, 2.05) is 0 Å². The van der Waals surface area contributed by atoms with Gasteiger partial charge in [0, 0.05) is 38.3 Å². The van der Waals surface area contributed by atoms with Crippen molar-refractivity contribution in [2.45, 2.75) is 20.3 Å². The van der Waals surface area contributed by atoms with E-state index in [0.717, 1.165) is 6.42 Å². The molecule has 7 rings (SSSR count). The SMILES string of the molecule is CC(C)Cc1cccc(-n2c3ccccc3c3cc(-c4ccc5[nH]c6ccccc6c5c4)ccc32)c1. The van der Waals surface area contributed by atoms with Crippen molar-refractivity contribution in [3.8, 4) is 16.8 Å². The van der Waals surface area contributed by atoms with Gasteiger partial charge in [0.25, 0.3) is 0 Å². The van der Waals surface area contributed by atoms with Crippen LogP contribution in [0.3, 0.4) is 0 Å². The molecule has 0 amide bonds. The Bertz CT molecular complexity index is 1900. The first-order valence-electron chi connectivity index (χ1n) is 12.8. The molecular formula is C34H28N2. The Morgan fingerprint density at radius 1 is 0.583 bits per heavy atom. The summed E-state index contributed by atoms with van der Waals surface area (Å²) in [4.78, 5) is 3.54. The third-order valence-electron chi connectivity index (χ3n) is 7.32. The average molecular weight is 465 g/mol. The zero-order chi connectivity index (χ0) is 24.2.